The number of carbonyl (C=O) groups excluding carboxylic acids is 2. The van der Waals surface area contributed by atoms with Crippen LogP contribution in [-0.4, -0.2) is 11.7 Å². The Hall–Kier alpha value is -0.910. The van der Waals surface area contributed by atoms with Gasteiger partial charge in [-0.3, -0.25) is 9.59 Å². The third-order valence-corrected chi connectivity index (χ3v) is 2.53. The maximum Gasteiger partial charge on any atom is 0.231 e. The largest absolute Gasteiger partial charge is 0.326 e. The highest BCUT2D eigenvalue weighted by molar-refractivity contribution is 14.1. The van der Waals surface area contributed by atoms with Crippen molar-refractivity contribution >= 4 is 40.0 Å². The zero-order valence-corrected chi connectivity index (χ0v) is 10.6. The van der Waals surface area contributed by atoms with Crippen LogP contribution in [0.1, 0.15) is 19.8 Å². The first kappa shape index (κ1) is 12.2. The summed E-state index contributed by atoms with van der Waals surface area (Å²) in [7, 11) is 0. The standard InChI is InChI=1S/C11H12INO2/c1-2-10(14)7-11(15)13-9-5-3-4-8(12)6-9/h3-6H,2,7H2,1H3,(H,13,15). The van der Waals surface area contributed by atoms with Crippen LogP contribution in [0.2, 0.25) is 0 Å². The van der Waals surface area contributed by atoms with Crippen molar-refractivity contribution in [2.75, 3.05) is 5.32 Å². The summed E-state index contributed by atoms with van der Waals surface area (Å²) in [6, 6.07) is 7.46. The number of nitrogens with one attached hydrogen (secondary N) is 1. The molecule has 1 amide bonds. The third kappa shape index (κ3) is 4.42. The van der Waals surface area contributed by atoms with Crippen LogP contribution in [0.3, 0.4) is 0 Å². The van der Waals surface area contributed by atoms with Crippen molar-refractivity contribution in [3.05, 3.63) is 27.8 Å². The van der Waals surface area contributed by atoms with Crippen molar-refractivity contribution in [3.8, 4) is 0 Å². The highest BCUT2D eigenvalue weighted by atomic mass is 127. The van der Waals surface area contributed by atoms with Crippen LogP contribution in [0.25, 0.3) is 0 Å². The lowest BCUT2D eigenvalue weighted by Gasteiger charge is -2.04. The van der Waals surface area contributed by atoms with Gasteiger partial charge < -0.3 is 5.32 Å². The van der Waals surface area contributed by atoms with Gasteiger partial charge in [-0.25, -0.2) is 0 Å². The molecule has 0 aliphatic carbocycles. The summed E-state index contributed by atoms with van der Waals surface area (Å²) in [5, 5.41) is 2.68. The smallest absolute Gasteiger partial charge is 0.231 e. The number of Topliss-reactive ketones (excluding diaryl/α,β-unsaturated/α-hetero) is 1. The van der Waals surface area contributed by atoms with E-state index in [1.165, 1.54) is 0 Å². The van der Waals surface area contributed by atoms with E-state index in [1.54, 1.807) is 13.0 Å². The zero-order chi connectivity index (χ0) is 11.3. The first-order valence-electron chi connectivity index (χ1n) is 4.69. The first-order chi connectivity index (χ1) is 7.11. The van der Waals surface area contributed by atoms with E-state index in [0.717, 1.165) is 9.26 Å². The van der Waals surface area contributed by atoms with Gasteiger partial charge in [0.1, 0.15) is 5.78 Å². The van der Waals surface area contributed by atoms with Crippen LogP contribution in [0.5, 0.6) is 0 Å². The normalized spacial score (nSPS) is 9.73. The van der Waals surface area contributed by atoms with Gasteiger partial charge in [0.2, 0.25) is 5.91 Å². The molecule has 1 N–H and O–H groups in total. The van der Waals surface area contributed by atoms with E-state index >= 15 is 0 Å². The molecular weight excluding hydrogens is 305 g/mol. The van der Waals surface area contributed by atoms with E-state index in [4.69, 9.17) is 0 Å². The second-order valence-electron chi connectivity index (χ2n) is 3.13. The lowest BCUT2D eigenvalue weighted by molar-refractivity contribution is -0.125. The van der Waals surface area contributed by atoms with E-state index in [2.05, 4.69) is 27.9 Å². The lowest BCUT2D eigenvalue weighted by Crippen LogP contribution is -2.15. The summed E-state index contributed by atoms with van der Waals surface area (Å²) in [5.74, 6) is -0.290. The number of hydrogen-bond acceptors (Lipinski definition) is 2. The Labute approximate surface area is 102 Å². The Morgan fingerprint density at radius 1 is 1.40 bits per heavy atom. The molecule has 1 rings (SSSR count). The molecule has 15 heavy (non-hydrogen) atoms. The van der Waals surface area contributed by atoms with Crippen LogP contribution in [0.15, 0.2) is 24.3 Å². The fourth-order valence-electron chi connectivity index (χ4n) is 1.08. The number of hydrogen-bond donors (Lipinski definition) is 1. The average Bonchev–Trinajstić information content (AvgIpc) is 2.17. The molecular formula is C11H12INO2. The van der Waals surface area contributed by atoms with Gasteiger partial charge in [-0.15, -0.1) is 0 Å². The van der Waals surface area contributed by atoms with Crippen LogP contribution in [0, 0.1) is 3.57 Å². The Kier molecular flexibility index (Phi) is 4.74. The van der Waals surface area contributed by atoms with Gasteiger partial charge in [-0.1, -0.05) is 13.0 Å². The number of anilines is 1. The van der Waals surface area contributed by atoms with Crippen molar-refractivity contribution in [3.63, 3.8) is 0 Å². The van der Waals surface area contributed by atoms with E-state index in [9.17, 15) is 9.59 Å². The summed E-state index contributed by atoms with van der Waals surface area (Å²) in [5.41, 5.74) is 0.732. The molecule has 0 unspecified atom stereocenters. The fraction of sp³-hybridized carbons (Fsp3) is 0.273. The van der Waals surface area contributed by atoms with Crippen LogP contribution in [0.4, 0.5) is 5.69 Å². The predicted octanol–water partition coefficient (Wildman–Crippen LogP) is 2.60. The summed E-state index contributed by atoms with van der Waals surface area (Å²) >= 11 is 2.17. The van der Waals surface area contributed by atoms with Gasteiger partial charge in [-0.05, 0) is 40.8 Å². The van der Waals surface area contributed by atoms with Crippen molar-refractivity contribution in [1.82, 2.24) is 0 Å². The highest BCUT2D eigenvalue weighted by Crippen LogP contribution is 2.12. The minimum atomic E-state index is -0.246. The van der Waals surface area contributed by atoms with Gasteiger partial charge in [0.25, 0.3) is 0 Å². The minimum Gasteiger partial charge on any atom is -0.326 e. The second kappa shape index (κ2) is 5.85. The quantitative estimate of drug-likeness (QED) is 0.685. The van der Waals surface area contributed by atoms with E-state index < -0.39 is 0 Å². The number of halogens is 1. The molecule has 0 saturated carbocycles. The molecule has 0 aliphatic heterocycles. The van der Waals surface area contributed by atoms with Crippen LogP contribution < -0.4 is 5.32 Å². The zero-order valence-electron chi connectivity index (χ0n) is 8.42. The van der Waals surface area contributed by atoms with Crippen LogP contribution >= 0.6 is 22.6 Å². The molecule has 0 aliphatic rings. The fourth-order valence-corrected chi connectivity index (χ4v) is 1.62. The molecule has 80 valence electrons. The maximum absolute atomic E-state index is 11.4. The SMILES string of the molecule is CCC(=O)CC(=O)Nc1cccc(I)c1. The van der Waals surface area contributed by atoms with Gasteiger partial charge in [-0.2, -0.15) is 0 Å². The van der Waals surface area contributed by atoms with E-state index in [0.29, 0.717) is 6.42 Å². The van der Waals surface area contributed by atoms with Gasteiger partial charge >= 0.3 is 0 Å². The number of carbonyl (C=O) groups is 2. The monoisotopic (exact) mass is 317 g/mol. The Balaban J connectivity index is 2.55. The summed E-state index contributed by atoms with van der Waals surface area (Å²) < 4.78 is 1.05. The van der Waals surface area contributed by atoms with Gasteiger partial charge in [0.05, 0.1) is 6.42 Å². The minimum absolute atomic E-state index is 0.0397. The molecule has 1 aromatic rings. The molecule has 0 aromatic heterocycles. The molecule has 3 nitrogen and oxygen atoms in total. The summed E-state index contributed by atoms with van der Waals surface area (Å²) in [6.07, 6.45) is 0.363. The Morgan fingerprint density at radius 2 is 2.13 bits per heavy atom. The molecule has 0 atom stereocenters. The molecule has 0 bridgehead atoms. The third-order valence-electron chi connectivity index (χ3n) is 1.86. The van der Waals surface area contributed by atoms with Gasteiger partial charge in [0, 0.05) is 15.7 Å². The predicted molar refractivity (Wildman–Crippen MR) is 67.7 cm³/mol. The van der Waals surface area contributed by atoms with Crippen LogP contribution in [-0.2, 0) is 9.59 Å². The maximum atomic E-state index is 11.4. The molecule has 1 aromatic carbocycles. The number of amides is 1. The van der Waals surface area contributed by atoms with E-state index in [1.807, 2.05) is 18.2 Å². The molecule has 0 saturated heterocycles. The number of benzene rings is 1. The van der Waals surface area contributed by atoms with Gasteiger partial charge in [0.15, 0.2) is 0 Å². The topological polar surface area (TPSA) is 46.2 Å². The molecule has 0 fully saturated rings. The highest BCUT2D eigenvalue weighted by Gasteiger charge is 2.07. The molecule has 4 heteroatoms. The molecule has 0 heterocycles. The van der Waals surface area contributed by atoms with Crippen molar-refractivity contribution in [2.45, 2.75) is 19.8 Å². The molecule has 0 radical (unpaired) electrons. The first-order valence-corrected chi connectivity index (χ1v) is 5.77. The molecule has 0 spiro atoms. The summed E-state index contributed by atoms with van der Waals surface area (Å²) in [4.78, 5) is 22.4. The lowest BCUT2D eigenvalue weighted by atomic mass is 10.2. The van der Waals surface area contributed by atoms with E-state index in [-0.39, 0.29) is 18.1 Å². The second-order valence-corrected chi connectivity index (χ2v) is 4.37. The van der Waals surface area contributed by atoms with Crippen molar-refractivity contribution in [1.29, 1.82) is 0 Å². The van der Waals surface area contributed by atoms with Crippen molar-refractivity contribution < 1.29 is 9.59 Å². The average molecular weight is 317 g/mol. The van der Waals surface area contributed by atoms with Crippen molar-refractivity contribution in [2.24, 2.45) is 0 Å². The number of ketones is 1. The summed E-state index contributed by atoms with van der Waals surface area (Å²) in [6.45, 7) is 1.75. The Morgan fingerprint density at radius 3 is 2.73 bits per heavy atom. The Bertz CT molecular complexity index is 377. The number of rotatable bonds is 4.